The number of carboxylic acids is 1. The van der Waals surface area contributed by atoms with Crippen molar-refractivity contribution in [3.8, 4) is 0 Å². The molecule has 2 N–H and O–H groups in total. The van der Waals surface area contributed by atoms with Crippen LogP contribution in [0.3, 0.4) is 0 Å². The molecule has 25 heavy (non-hydrogen) atoms. The highest BCUT2D eigenvalue weighted by Gasteiger charge is 2.49. The van der Waals surface area contributed by atoms with E-state index in [-0.39, 0.29) is 18.9 Å². The molecule has 0 aliphatic carbocycles. The van der Waals surface area contributed by atoms with Gasteiger partial charge >= 0.3 is 5.97 Å². The van der Waals surface area contributed by atoms with E-state index in [1.807, 2.05) is 32.2 Å². The lowest BCUT2D eigenvalue weighted by Gasteiger charge is -2.43. The van der Waals surface area contributed by atoms with Crippen LogP contribution in [0.4, 0.5) is 0 Å². The zero-order valence-corrected chi connectivity index (χ0v) is 14.5. The molecule has 1 aliphatic heterocycles. The molecule has 2 aromatic heterocycles. The lowest BCUT2D eigenvalue weighted by Crippen LogP contribution is -2.57. The second-order valence-corrected chi connectivity index (χ2v) is 6.84. The van der Waals surface area contributed by atoms with E-state index >= 15 is 0 Å². The Hall–Kier alpha value is -2.41. The number of hydrogen-bond donors (Lipinski definition) is 2. The average Bonchev–Trinajstić information content (AvgIpc) is 2.99. The van der Waals surface area contributed by atoms with Gasteiger partial charge in [-0.1, -0.05) is 19.4 Å². The number of nitrogens with zero attached hydrogens (tertiary/aromatic N) is 3. The van der Waals surface area contributed by atoms with Crippen LogP contribution in [0.2, 0.25) is 0 Å². The average molecular weight is 345 g/mol. The van der Waals surface area contributed by atoms with Gasteiger partial charge in [0.2, 0.25) is 0 Å². The summed E-state index contributed by atoms with van der Waals surface area (Å²) < 4.78 is 1.65. The second kappa shape index (κ2) is 6.48. The molecule has 134 valence electrons. The lowest BCUT2D eigenvalue weighted by molar-refractivity contribution is -0.162. The molecule has 0 spiro atoms. The molecule has 1 saturated heterocycles. The van der Waals surface area contributed by atoms with Gasteiger partial charge in [-0.15, -0.1) is 0 Å². The van der Waals surface area contributed by atoms with Gasteiger partial charge in [-0.2, -0.15) is 5.10 Å². The van der Waals surface area contributed by atoms with Crippen LogP contribution >= 0.6 is 0 Å². The highest BCUT2D eigenvalue weighted by Crippen LogP contribution is 2.36. The molecule has 0 bridgehead atoms. The number of carbonyl (C=O) groups is 2. The predicted molar refractivity (Wildman–Crippen MR) is 91.4 cm³/mol. The van der Waals surface area contributed by atoms with E-state index in [9.17, 15) is 19.8 Å². The van der Waals surface area contributed by atoms with E-state index in [0.717, 1.165) is 5.56 Å². The van der Waals surface area contributed by atoms with Crippen molar-refractivity contribution >= 4 is 17.4 Å². The van der Waals surface area contributed by atoms with Gasteiger partial charge in [0.05, 0.1) is 23.4 Å². The van der Waals surface area contributed by atoms with Crippen LogP contribution in [-0.2, 0) is 4.79 Å². The summed E-state index contributed by atoms with van der Waals surface area (Å²) in [4.78, 5) is 26.4. The van der Waals surface area contributed by atoms with E-state index in [1.165, 1.54) is 11.1 Å². The Labute approximate surface area is 145 Å². The van der Waals surface area contributed by atoms with Crippen molar-refractivity contribution in [3.63, 3.8) is 0 Å². The SMILES string of the molecule is CCC[C@@]1(C(=O)O)CN(C(=O)c2cnn3cc(C)ccc23)CC[C@@H]1O. The molecule has 1 aliphatic rings. The van der Waals surface area contributed by atoms with Crippen molar-refractivity contribution in [1.29, 1.82) is 0 Å². The maximum atomic E-state index is 13.0. The van der Waals surface area contributed by atoms with Crippen molar-refractivity contribution in [2.45, 2.75) is 39.2 Å². The minimum absolute atomic E-state index is 0.0133. The Bertz CT molecular complexity index is 816. The Morgan fingerprint density at radius 2 is 2.16 bits per heavy atom. The van der Waals surface area contributed by atoms with Gasteiger partial charge < -0.3 is 15.1 Å². The van der Waals surface area contributed by atoms with Crippen molar-refractivity contribution in [2.24, 2.45) is 5.41 Å². The molecule has 3 heterocycles. The van der Waals surface area contributed by atoms with E-state index in [4.69, 9.17) is 0 Å². The normalized spacial score (nSPS) is 23.8. The fourth-order valence-electron chi connectivity index (χ4n) is 3.68. The van der Waals surface area contributed by atoms with Crippen LogP contribution in [0, 0.1) is 12.3 Å². The maximum absolute atomic E-state index is 13.0. The van der Waals surface area contributed by atoms with Gasteiger partial charge in [0, 0.05) is 19.3 Å². The monoisotopic (exact) mass is 345 g/mol. The number of aliphatic hydroxyl groups excluding tert-OH is 1. The molecule has 2 atom stereocenters. The fourth-order valence-corrected chi connectivity index (χ4v) is 3.68. The van der Waals surface area contributed by atoms with Crippen molar-refractivity contribution in [1.82, 2.24) is 14.5 Å². The zero-order valence-electron chi connectivity index (χ0n) is 14.5. The number of aromatic nitrogens is 2. The van der Waals surface area contributed by atoms with Crippen LogP contribution in [0.1, 0.15) is 42.1 Å². The second-order valence-electron chi connectivity index (χ2n) is 6.84. The summed E-state index contributed by atoms with van der Waals surface area (Å²) in [5.41, 5.74) is 0.872. The van der Waals surface area contributed by atoms with Gasteiger partial charge in [0.25, 0.3) is 5.91 Å². The Morgan fingerprint density at radius 3 is 2.84 bits per heavy atom. The first-order valence-corrected chi connectivity index (χ1v) is 8.54. The number of amides is 1. The highest BCUT2D eigenvalue weighted by molar-refractivity contribution is 6.01. The van der Waals surface area contributed by atoms with Crippen molar-refractivity contribution in [2.75, 3.05) is 13.1 Å². The number of aryl methyl sites for hydroxylation is 1. The first-order valence-electron chi connectivity index (χ1n) is 8.54. The number of fused-ring (bicyclic) bond motifs is 1. The standard InChI is InChI=1S/C18H23N3O4/c1-3-7-18(17(24)25)11-20(8-6-15(18)22)16(23)13-9-19-21-10-12(2)4-5-14(13)21/h4-5,9-10,15,22H,3,6-8,11H2,1-2H3,(H,24,25)/t15-,18+/m0/s1. The van der Waals surface area contributed by atoms with Crippen LogP contribution in [0.25, 0.3) is 5.52 Å². The van der Waals surface area contributed by atoms with Gasteiger partial charge in [-0.05, 0) is 31.4 Å². The number of aliphatic carboxylic acids is 1. The summed E-state index contributed by atoms with van der Waals surface area (Å²) >= 11 is 0. The minimum Gasteiger partial charge on any atom is -0.481 e. The third-order valence-electron chi connectivity index (χ3n) is 5.09. The molecule has 0 saturated carbocycles. The predicted octanol–water partition coefficient (Wildman–Crippen LogP) is 1.72. The van der Waals surface area contributed by atoms with Crippen LogP contribution < -0.4 is 0 Å². The Kier molecular flexibility index (Phi) is 4.51. The molecule has 0 aromatic carbocycles. The summed E-state index contributed by atoms with van der Waals surface area (Å²) in [7, 11) is 0. The number of likely N-dealkylation sites (tertiary alicyclic amines) is 1. The molecule has 0 radical (unpaired) electrons. The summed E-state index contributed by atoms with van der Waals surface area (Å²) in [5.74, 6) is -1.29. The quantitative estimate of drug-likeness (QED) is 0.880. The third kappa shape index (κ3) is 2.89. The number of rotatable bonds is 4. The lowest BCUT2D eigenvalue weighted by atomic mass is 9.74. The summed E-state index contributed by atoms with van der Waals surface area (Å²) in [6.45, 7) is 4.17. The highest BCUT2D eigenvalue weighted by atomic mass is 16.4. The molecule has 7 nitrogen and oxygen atoms in total. The van der Waals surface area contributed by atoms with Gasteiger partial charge in [0.1, 0.15) is 5.41 Å². The van der Waals surface area contributed by atoms with Gasteiger partial charge in [0.15, 0.2) is 0 Å². The maximum Gasteiger partial charge on any atom is 0.314 e. The largest absolute Gasteiger partial charge is 0.481 e. The molecule has 1 amide bonds. The summed E-state index contributed by atoms with van der Waals surface area (Å²) in [5, 5.41) is 24.2. The number of hydrogen-bond acceptors (Lipinski definition) is 4. The van der Waals surface area contributed by atoms with E-state index in [2.05, 4.69) is 5.10 Å². The summed E-state index contributed by atoms with van der Waals surface area (Å²) in [6.07, 6.45) is 3.63. The molecule has 3 rings (SSSR count). The first kappa shape index (κ1) is 17.4. The summed E-state index contributed by atoms with van der Waals surface area (Å²) in [6, 6.07) is 3.75. The fraction of sp³-hybridized carbons (Fsp3) is 0.500. The van der Waals surface area contributed by atoms with Crippen LogP contribution in [-0.4, -0.2) is 55.8 Å². The number of aliphatic hydroxyl groups is 1. The van der Waals surface area contributed by atoms with Crippen molar-refractivity contribution in [3.05, 3.63) is 35.7 Å². The first-order chi connectivity index (χ1) is 11.9. The van der Waals surface area contributed by atoms with Crippen molar-refractivity contribution < 1.29 is 19.8 Å². The minimum atomic E-state index is -1.30. The number of piperidine rings is 1. The third-order valence-corrected chi connectivity index (χ3v) is 5.09. The molecular weight excluding hydrogens is 322 g/mol. The van der Waals surface area contributed by atoms with E-state index in [0.29, 0.717) is 30.5 Å². The number of carboxylic acid groups (broad SMARTS) is 1. The smallest absolute Gasteiger partial charge is 0.314 e. The molecule has 7 heteroatoms. The molecule has 0 unspecified atom stereocenters. The zero-order chi connectivity index (χ0) is 18.2. The van der Waals surface area contributed by atoms with Crippen LogP contribution in [0.5, 0.6) is 0 Å². The number of pyridine rings is 1. The Morgan fingerprint density at radius 1 is 1.40 bits per heavy atom. The molecule has 2 aromatic rings. The van der Waals surface area contributed by atoms with E-state index < -0.39 is 17.5 Å². The molecular formula is C18H23N3O4. The number of carbonyl (C=O) groups excluding carboxylic acids is 1. The molecule has 1 fully saturated rings. The topological polar surface area (TPSA) is 95.1 Å². The van der Waals surface area contributed by atoms with Gasteiger partial charge in [-0.25, -0.2) is 4.52 Å². The van der Waals surface area contributed by atoms with Crippen LogP contribution in [0.15, 0.2) is 24.5 Å². The van der Waals surface area contributed by atoms with E-state index in [1.54, 1.807) is 4.52 Å². The Balaban J connectivity index is 1.92. The van der Waals surface area contributed by atoms with Gasteiger partial charge in [-0.3, -0.25) is 9.59 Å².